The topological polar surface area (TPSA) is 64.3 Å². The molecular weight excluding hydrogens is 252 g/mol. The van der Waals surface area contributed by atoms with Gasteiger partial charge in [0.1, 0.15) is 0 Å². The van der Waals surface area contributed by atoms with E-state index < -0.39 is 0 Å². The number of amides is 1. The highest BCUT2D eigenvalue weighted by Gasteiger charge is 2.16. The van der Waals surface area contributed by atoms with Crippen LogP contribution in [0.1, 0.15) is 41.8 Å². The fraction of sp³-hybridized carbons (Fsp3) is 0.562. The molecule has 1 aromatic carbocycles. The second kappa shape index (κ2) is 7.41. The van der Waals surface area contributed by atoms with Gasteiger partial charge in [0.2, 0.25) is 5.91 Å². The molecule has 1 amide bonds. The highest BCUT2D eigenvalue weighted by Crippen LogP contribution is 2.19. The summed E-state index contributed by atoms with van der Waals surface area (Å²) in [5.41, 5.74) is 8.32. The van der Waals surface area contributed by atoms with Crippen LogP contribution in [0.25, 0.3) is 0 Å². The summed E-state index contributed by atoms with van der Waals surface area (Å²) in [4.78, 5) is 11.1. The number of ether oxygens (including phenoxy) is 1. The second-order valence-corrected chi connectivity index (χ2v) is 6.02. The van der Waals surface area contributed by atoms with Gasteiger partial charge in [-0.1, -0.05) is 19.9 Å². The number of primary amides is 1. The molecule has 0 unspecified atom stereocenters. The molecule has 0 heterocycles. The Kier molecular flexibility index (Phi) is 6.17. The molecule has 1 rings (SSSR count). The van der Waals surface area contributed by atoms with Crippen molar-refractivity contribution < 1.29 is 9.53 Å². The highest BCUT2D eigenvalue weighted by atomic mass is 16.5. The number of carbonyl (C=O) groups is 1. The Bertz CT molecular complexity index is 456. The lowest BCUT2D eigenvalue weighted by Gasteiger charge is -2.25. The molecule has 0 radical (unpaired) electrons. The first-order valence-electron chi connectivity index (χ1n) is 6.95. The van der Waals surface area contributed by atoms with Crippen molar-refractivity contribution in [1.29, 1.82) is 0 Å². The molecule has 0 aliphatic carbocycles. The molecule has 0 spiro atoms. The molecule has 4 heteroatoms. The zero-order valence-electron chi connectivity index (χ0n) is 13.0. The van der Waals surface area contributed by atoms with Crippen LogP contribution < -0.4 is 11.1 Å². The van der Waals surface area contributed by atoms with Crippen molar-refractivity contribution in [2.75, 3.05) is 20.3 Å². The zero-order chi connectivity index (χ0) is 15.2. The van der Waals surface area contributed by atoms with Gasteiger partial charge in [-0.2, -0.15) is 0 Å². The minimum Gasteiger partial charge on any atom is -0.385 e. The Hall–Kier alpha value is -1.39. The van der Waals surface area contributed by atoms with E-state index >= 15 is 0 Å². The lowest BCUT2D eigenvalue weighted by Crippen LogP contribution is -2.30. The molecule has 0 bridgehead atoms. The molecule has 3 N–H and O–H groups in total. The zero-order valence-corrected chi connectivity index (χ0v) is 13.0. The summed E-state index contributed by atoms with van der Waals surface area (Å²) >= 11 is 0. The quantitative estimate of drug-likeness (QED) is 0.766. The fourth-order valence-electron chi connectivity index (χ4n) is 2.05. The number of benzene rings is 1. The largest absolute Gasteiger partial charge is 0.385 e. The minimum atomic E-state index is -0.381. The number of nitrogens with one attached hydrogen (secondary N) is 1. The van der Waals surface area contributed by atoms with E-state index in [0.717, 1.165) is 31.7 Å². The summed E-state index contributed by atoms with van der Waals surface area (Å²) in [5, 5.41) is 3.47. The van der Waals surface area contributed by atoms with E-state index in [1.165, 1.54) is 5.56 Å². The third kappa shape index (κ3) is 5.31. The van der Waals surface area contributed by atoms with Gasteiger partial charge in [-0.3, -0.25) is 4.79 Å². The molecule has 112 valence electrons. The van der Waals surface area contributed by atoms with Gasteiger partial charge in [0.15, 0.2) is 0 Å². The average molecular weight is 278 g/mol. The first-order chi connectivity index (χ1) is 9.35. The van der Waals surface area contributed by atoms with Crippen LogP contribution in [0, 0.1) is 12.3 Å². The van der Waals surface area contributed by atoms with Crippen LogP contribution in [0.15, 0.2) is 18.2 Å². The van der Waals surface area contributed by atoms with Gasteiger partial charge in [-0.25, -0.2) is 0 Å². The average Bonchev–Trinajstić information content (AvgIpc) is 2.38. The monoisotopic (exact) mass is 278 g/mol. The number of aryl methyl sites for hydroxylation is 1. The first kappa shape index (κ1) is 16.7. The first-order valence-corrected chi connectivity index (χ1v) is 6.95. The van der Waals surface area contributed by atoms with Crippen LogP contribution in [0.5, 0.6) is 0 Å². The van der Waals surface area contributed by atoms with Gasteiger partial charge in [0, 0.05) is 32.4 Å². The van der Waals surface area contributed by atoms with Crippen molar-refractivity contribution in [2.24, 2.45) is 11.1 Å². The molecule has 0 aliphatic rings. The summed E-state index contributed by atoms with van der Waals surface area (Å²) in [6.07, 6.45) is 1.02. The normalized spacial score (nSPS) is 11.6. The van der Waals surface area contributed by atoms with Crippen molar-refractivity contribution in [3.8, 4) is 0 Å². The van der Waals surface area contributed by atoms with E-state index in [9.17, 15) is 4.79 Å². The third-order valence-corrected chi connectivity index (χ3v) is 3.53. The van der Waals surface area contributed by atoms with Crippen molar-refractivity contribution >= 4 is 5.91 Å². The van der Waals surface area contributed by atoms with Crippen LogP contribution in [-0.4, -0.2) is 26.2 Å². The maximum atomic E-state index is 11.1. The number of hydrogen-bond acceptors (Lipinski definition) is 3. The predicted molar refractivity (Wildman–Crippen MR) is 81.7 cm³/mol. The van der Waals surface area contributed by atoms with Crippen molar-refractivity contribution in [3.05, 3.63) is 34.9 Å². The van der Waals surface area contributed by atoms with Crippen LogP contribution in [0.2, 0.25) is 0 Å². The summed E-state index contributed by atoms with van der Waals surface area (Å²) in [6.45, 7) is 8.94. The molecular formula is C16H26N2O2. The standard InChI is InChI=1S/C16H26N2O2/c1-12-9-13(15(17)19)5-6-14(12)10-18-11-16(2,3)7-8-20-4/h5-6,9,18H,7-8,10-11H2,1-4H3,(H2,17,19). The Morgan fingerprint density at radius 3 is 2.65 bits per heavy atom. The highest BCUT2D eigenvalue weighted by molar-refractivity contribution is 5.93. The smallest absolute Gasteiger partial charge is 0.248 e. The molecule has 4 nitrogen and oxygen atoms in total. The number of carbonyl (C=O) groups excluding carboxylic acids is 1. The van der Waals surface area contributed by atoms with Gasteiger partial charge >= 0.3 is 0 Å². The number of hydrogen-bond donors (Lipinski definition) is 2. The number of methoxy groups -OCH3 is 1. The van der Waals surface area contributed by atoms with Gasteiger partial charge in [-0.05, 0) is 42.0 Å². The molecule has 0 saturated heterocycles. The van der Waals surface area contributed by atoms with Crippen molar-refractivity contribution in [3.63, 3.8) is 0 Å². The van der Waals surface area contributed by atoms with E-state index in [-0.39, 0.29) is 11.3 Å². The summed E-state index contributed by atoms with van der Waals surface area (Å²) in [6, 6.07) is 5.59. The van der Waals surface area contributed by atoms with Gasteiger partial charge in [-0.15, -0.1) is 0 Å². The number of nitrogens with two attached hydrogens (primary N) is 1. The second-order valence-electron chi connectivity index (χ2n) is 6.02. The molecule has 0 saturated carbocycles. The summed E-state index contributed by atoms with van der Waals surface area (Å²) in [5.74, 6) is -0.381. The van der Waals surface area contributed by atoms with Gasteiger partial charge < -0.3 is 15.8 Å². The number of rotatable bonds is 8. The van der Waals surface area contributed by atoms with E-state index in [0.29, 0.717) is 5.56 Å². The summed E-state index contributed by atoms with van der Waals surface area (Å²) < 4.78 is 5.13. The predicted octanol–water partition coefficient (Wildman–Crippen LogP) is 2.25. The molecule has 0 fully saturated rings. The maximum Gasteiger partial charge on any atom is 0.248 e. The van der Waals surface area contributed by atoms with Crippen LogP contribution in [0.4, 0.5) is 0 Å². The van der Waals surface area contributed by atoms with Crippen LogP contribution >= 0.6 is 0 Å². The Labute approximate surface area is 121 Å². The van der Waals surface area contributed by atoms with E-state index in [1.54, 1.807) is 13.2 Å². The molecule has 20 heavy (non-hydrogen) atoms. The van der Waals surface area contributed by atoms with E-state index in [2.05, 4.69) is 19.2 Å². The van der Waals surface area contributed by atoms with Crippen LogP contribution in [-0.2, 0) is 11.3 Å². The minimum absolute atomic E-state index is 0.205. The van der Waals surface area contributed by atoms with Crippen LogP contribution in [0.3, 0.4) is 0 Å². The van der Waals surface area contributed by atoms with E-state index in [4.69, 9.17) is 10.5 Å². The van der Waals surface area contributed by atoms with Gasteiger partial charge in [0.05, 0.1) is 0 Å². The Balaban J connectivity index is 2.52. The SMILES string of the molecule is COCCC(C)(C)CNCc1ccc(C(N)=O)cc1C. The van der Waals surface area contributed by atoms with Gasteiger partial charge in [0.25, 0.3) is 0 Å². The Morgan fingerprint density at radius 2 is 2.10 bits per heavy atom. The molecule has 0 aromatic heterocycles. The van der Waals surface area contributed by atoms with Crippen molar-refractivity contribution in [2.45, 2.75) is 33.7 Å². The van der Waals surface area contributed by atoms with E-state index in [1.807, 2.05) is 19.1 Å². The third-order valence-electron chi connectivity index (χ3n) is 3.53. The lowest BCUT2D eigenvalue weighted by atomic mass is 9.89. The van der Waals surface area contributed by atoms with Crippen molar-refractivity contribution in [1.82, 2.24) is 5.32 Å². The summed E-state index contributed by atoms with van der Waals surface area (Å²) in [7, 11) is 1.73. The maximum absolute atomic E-state index is 11.1. The lowest BCUT2D eigenvalue weighted by molar-refractivity contribution is 0.1000. The molecule has 0 atom stereocenters. The Morgan fingerprint density at radius 1 is 1.40 bits per heavy atom. The molecule has 1 aromatic rings. The molecule has 0 aliphatic heterocycles. The fourth-order valence-corrected chi connectivity index (χ4v) is 2.05.